The molecule has 0 aliphatic carbocycles. The van der Waals surface area contributed by atoms with Gasteiger partial charge in [0, 0.05) is 26.7 Å². The van der Waals surface area contributed by atoms with Gasteiger partial charge >= 0.3 is 0 Å². The lowest BCUT2D eigenvalue weighted by Gasteiger charge is -2.28. The predicted octanol–water partition coefficient (Wildman–Crippen LogP) is 1.47. The minimum atomic E-state index is -0.223. The highest BCUT2D eigenvalue weighted by atomic mass is 19.1. The molecule has 21 heavy (non-hydrogen) atoms. The Morgan fingerprint density at radius 1 is 1.43 bits per heavy atom. The van der Waals surface area contributed by atoms with Crippen molar-refractivity contribution in [3.05, 3.63) is 35.6 Å². The molecule has 1 heterocycles. The van der Waals surface area contributed by atoms with Crippen LogP contribution in [0.5, 0.6) is 0 Å². The van der Waals surface area contributed by atoms with Gasteiger partial charge in [0.25, 0.3) is 0 Å². The molecular formula is C16H24FN3O. The van der Waals surface area contributed by atoms with Crippen LogP contribution in [0.2, 0.25) is 0 Å². The van der Waals surface area contributed by atoms with E-state index < -0.39 is 0 Å². The second-order valence-corrected chi connectivity index (χ2v) is 5.62. The van der Waals surface area contributed by atoms with E-state index >= 15 is 0 Å². The van der Waals surface area contributed by atoms with E-state index in [4.69, 9.17) is 0 Å². The number of likely N-dealkylation sites (tertiary alicyclic amines) is 1. The smallest absolute Gasteiger partial charge is 0.239 e. The zero-order chi connectivity index (χ0) is 15.2. The number of hydrogen-bond acceptors (Lipinski definition) is 3. The van der Waals surface area contributed by atoms with Gasteiger partial charge < -0.3 is 10.2 Å². The first-order chi connectivity index (χ1) is 10.1. The van der Waals surface area contributed by atoms with Gasteiger partial charge in [-0.1, -0.05) is 12.1 Å². The first kappa shape index (κ1) is 15.9. The summed E-state index contributed by atoms with van der Waals surface area (Å²) in [6.45, 7) is 3.15. The van der Waals surface area contributed by atoms with Gasteiger partial charge in [-0.15, -0.1) is 0 Å². The fourth-order valence-electron chi connectivity index (χ4n) is 2.76. The summed E-state index contributed by atoms with van der Waals surface area (Å²) in [6, 6.07) is 6.49. The Hall–Kier alpha value is -1.46. The molecular weight excluding hydrogens is 269 g/mol. The average Bonchev–Trinajstić information content (AvgIpc) is 2.94. The van der Waals surface area contributed by atoms with Gasteiger partial charge in [-0.25, -0.2) is 4.39 Å². The number of carbonyl (C=O) groups excluding carboxylic acids is 1. The van der Waals surface area contributed by atoms with Gasteiger partial charge in [-0.2, -0.15) is 0 Å². The van der Waals surface area contributed by atoms with E-state index in [1.54, 1.807) is 17.0 Å². The van der Waals surface area contributed by atoms with Crippen molar-refractivity contribution in [2.24, 2.45) is 0 Å². The van der Waals surface area contributed by atoms with Crippen LogP contribution < -0.4 is 5.32 Å². The van der Waals surface area contributed by atoms with Crippen molar-refractivity contribution in [2.75, 3.05) is 33.7 Å². The topological polar surface area (TPSA) is 35.6 Å². The molecule has 1 unspecified atom stereocenters. The molecule has 2 rings (SSSR count). The number of likely N-dealkylation sites (N-methyl/N-ethyl adjacent to an activating group) is 2. The Kier molecular flexibility index (Phi) is 5.70. The number of amides is 1. The molecule has 1 aromatic rings. The third-order valence-corrected chi connectivity index (χ3v) is 4.02. The van der Waals surface area contributed by atoms with E-state index in [1.807, 2.05) is 14.1 Å². The van der Waals surface area contributed by atoms with Crippen LogP contribution in [0, 0.1) is 5.82 Å². The molecule has 1 saturated heterocycles. The van der Waals surface area contributed by atoms with Crippen LogP contribution >= 0.6 is 0 Å². The number of halogens is 1. The molecule has 4 nitrogen and oxygen atoms in total. The Morgan fingerprint density at radius 2 is 2.14 bits per heavy atom. The van der Waals surface area contributed by atoms with E-state index in [-0.39, 0.29) is 17.8 Å². The van der Waals surface area contributed by atoms with E-state index in [0.717, 1.165) is 38.0 Å². The zero-order valence-electron chi connectivity index (χ0n) is 12.8. The SMILES string of the molecule is CNCCN(C)C(=O)C1CCCN1Cc1ccc(F)cc1. The van der Waals surface area contributed by atoms with Gasteiger partial charge in [0.2, 0.25) is 5.91 Å². The number of nitrogens with zero attached hydrogens (tertiary/aromatic N) is 2. The van der Waals surface area contributed by atoms with Crippen LogP contribution in [-0.2, 0) is 11.3 Å². The maximum absolute atomic E-state index is 12.9. The first-order valence-corrected chi connectivity index (χ1v) is 7.50. The molecule has 1 aromatic carbocycles. The predicted molar refractivity (Wildman–Crippen MR) is 81.4 cm³/mol. The maximum atomic E-state index is 12.9. The fourth-order valence-corrected chi connectivity index (χ4v) is 2.76. The molecule has 0 saturated carbocycles. The van der Waals surface area contributed by atoms with Crippen molar-refractivity contribution >= 4 is 5.91 Å². The van der Waals surface area contributed by atoms with Crippen LogP contribution in [0.1, 0.15) is 18.4 Å². The lowest BCUT2D eigenvalue weighted by molar-refractivity contribution is -0.134. The highest BCUT2D eigenvalue weighted by molar-refractivity contribution is 5.82. The van der Waals surface area contributed by atoms with Crippen LogP contribution in [0.15, 0.2) is 24.3 Å². The summed E-state index contributed by atoms with van der Waals surface area (Å²) >= 11 is 0. The molecule has 1 amide bonds. The van der Waals surface area contributed by atoms with E-state index in [1.165, 1.54) is 12.1 Å². The van der Waals surface area contributed by atoms with Crippen molar-refractivity contribution in [2.45, 2.75) is 25.4 Å². The third kappa shape index (κ3) is 4.25. The number of benzene rings is 1. The highest BCUT2D eigenvalue weighted by Crippen LogP contribution is 2.21. The van der Waals surface area contributed by atoms with Gasteiger partial charge in [-0.3, -0.25) is 9.69 Å². The van der Waals surface area contributed by atoms with Crippen molar-refractivity contribution in [3.63, 3.8) is 0 Å². The number of hydrogen-bond donors (Lipinski definition) is 1. The van der Waals surface area contributed by atoms with Crippen LogP contribution in [-0.4, -0.2) is 55.5 Å². The molecule has 1 aliphatic heterocycles. The maximum Gasteiger partial charge on any atom is 0.239 e. The van der Waals surface area contributed by atoms with Gasteiger partial charge in [0.05, 0.1) is 6.04 Å². The van der Waals surface area contributed by atoms with Crippen LogP contribution in [0.4, 0.5) is 4.39 Å². The number of nitrogens with one attached hydrogen (secondary N) is 1. The van der Waals surface area contributed by atoms with Gasteiger partial charge in [-0.05, 0) is 44.1 Å². The van der Waals surface area contributed by atoms with Crippen molar-refractivity contribution in [1.82, 2.24) is 15.1 Å². The third-order valence-electron chi connectivity index (χ3n) is 4.02. The summed E-state index contributed by atoms with van der Waals surface area (Å²) in [6.07, 6.45) is 1.95. The normalized spacial score (nSPS) is 18.9. The Bertz CT molecular complexity index is 463. The van der Waals surface area contributed by atoms with E-state index in [2.05, 4.69) is 10.2 Å². The van der Waals surface area contributed by atoms with E-state index in [0.29, 0.717) is 6.54 Å². The van der Waals surface area contributed by atoms with Gasteiger partial charge in [0.1, 0.15) is 5.82 Å². The van der Waals surface area contributed by atoms with Gasteiger partial charge in [0.15, 0.2) is 0 Å². The second-order valence-electron chi connectivity index (χ2n) is 5.62. The zero-order valence-corrected chi connectivity index (χ0v) is 12.8. The summed E-state index contributed by atoms with van der Waals surface area (Å²) in [5, 5.41) is 3.06. The van der Waals surface area contributed by atoms with Crippen molar-refractivity contribution < 1.29 is 9.18 Å². The van der Waals surface area contributed by atoms with Crippen LogP contribution in [0.3, 0.4) is 0 Å². The van der Waals surface area contributed by atoms with Crippen molar-refractivity contribution in [1.29, 1.82) is 0 Å². The highest BCUT2D eigenvalue weighted by Gasteiger charge is 2.32. The lowest BCUT2D eigenvalue weighted by Crippen LogP contribution is -2.45. The van der Waals surface area contributed by atoms with Crippen LogP contribution in [0.25, 0.3) is 0 Å². The molecule has 0 radical (unpaired) electrons. The Labute approximate surface area is 125 Å². The monoisotopic (exact) mass is 293 g/mol. The molecule has 1 fully saturated rings. The van der Waals surface area contributed by atoms with Crippen molar-refractivity contribution in [3.8, 4) is 0 Å². The Morgan fingerprint density at radius 3 is 2.81 bits per heavy atom. The minimum Gasteiger partial charge on any atom is -0.343 e. The summed E-state index contributed by atoms with van der Waals surface area (Å²) < 4.78 is 12.9. The summed E-state index contributed by atoms with van der Waals surface area (Å²) in [5.41, 5.74) is 1.05. The summed E-state index contributed by atoms with van der Waals surface area (Å²) in [4.78, 5) is 16.5. The summed E-state index contributed by atoms with van der Waals surface area (Å²) in [5.74, 6) is -0.0375. The molecule has 1 atom stereocenters. The van der Waals surface area contributed by atoms with E-state index in [9.17, 15) is 9.18 Å². The quantitative estimate of drug-likeness (QED) is 0.863. The molecule has 1 N–H and O–H groups in total. The first-order valence-electron chi connectivity index (χ1n) is 7.50. The lowest BCUT2D eigenvalue weighted by atomic mass is 10.1. The standard InChI is InChI=1S/C16H24FN3O/c1-18-9-11-19(2)16(21)15-4-3-10-20(15)12-13-5-7-14(17)8-6-13/h5-8,15,18H,3-4,9-12H2,1-2H3. The molecule has 0 bridgehead atoms. The molecule has 1 aliphatic rings. The molecule has 0 aromatic heterocycles. The number of rotatable bonds is 6. The summed E-state index contributed by atoms with van der Waals surface area (Å²) in [7, 11) is 3.74. The molecule has 116 valence electrons. The molecule has 5 heteroatoms. The average molecular weight is 293 g/mol. The molecule has 0 spiro atoms. The fraction of sp³-hybridized carbons (Fsp3) is 0.562. The number of carbonyl (C=O) groups is 1. The Balaban J connectivity index is 1.96. The second kappa shape index (κ2) is 7.52. The largest absolute Gasteiger partial charge is 0.343 e. The minimum absolute atomic E-state index is 0.0445.